The maximum absolute atomic E-state index is 13.5. The van der Waals surface area contributed by atoms with E-state index in [2.05, 4.69) is 36.2 Å². The Kier molecular flexibility index (Phi) is 4.23. The summed E-state index contributed by atoms with van der Waals surface area (Å²) in [6.07, 6.45) is 6.92. The van der Waals surface area contributed by atoms with Crippen LogP contribution in [0.4, 0.5) is 0 Å². The number of pyridine rings is 1. The fourth-order valence-corrected chi connectivity index (χ4v) is 4.06. The summed E-state index contributed by atoms with van der Waals surface area (Å²) >= 11 is 0. The minimum absolute atomic E-state index is 0.0529. The van der Waals surface area contributed by atoms with Crippen molar-refractivity contribution in [2.75, 3.05) is 0 Å². The maximum Gasteiger partial charge on any atom is 0.275 e. The number of amides is 1. The molecule has 0 atom stereocenters. The lowest BCUT2D eigenvalue weighted by Gasteiger charge is -2.21. The number of hydrogen-bond acceptors (Lipinski definition) is 3. The summed E-state index contributed by atoms with van der Waals surface area (Å²) in [4.78, 5) is 19.9. The molecule has 142 valence electrons. The molecule has 0 bridgehead atoms. The topological polar surface area (TPSA) is 51.0 Å². The summed E-state index contributed by atoms with van der Waals surface area (Å²) in [5.74, 6) is 0.0529. The molecule has 2 aliphatic rings. The number of rotatable bonds is 5. The average molecular weight is 372 g/mol. The van der Waals surface area contributed by atoms with Crippen LogP contribution in [-0.4, -0.2) is 31.6 Å². The largest absolute Gasteiger partial charge is 0.328 e. The van der Waals surface area contributed by atoms with E-state index in [0.717, 1.165) is 49.0 Å². The third kappa shape index (κ3) is 3.11. The Hall–Kier alpha value is -2.95. The van der Waals surface area contributed by atoms with Gasteiger partial charge in [0.05, 0.1) is 17.9 Å². The van der Waals surface area contributed by atoms with E-state index in [4.69, 9.17) is 5.10 Å². The molecule has 1 fully saturated rings. The number of carbonyl (C=O) groups excluding carboxylic acids is 1. The average Bonchev–Trinajstić information content (AvgIpc) is 3.33. The molecule has 5 rings (SSSR count). The molecule has 28 heavy (non-hydrogen) atoms. The first-order chi connectivity index (χ1) is 13.7. The van der Waals surface area contributed by atoms with Crippen LogP contribution in [0.1, 0.15) is 52.3 Å². The molecule has 2 aromatic heterocycles. The Labute approximate surface area is 165 Å². The molecule has 1 amide bonds. The summed E-state index contributed by atoms with van der Waals surface area (Å²) in [6, 6.07) is 14.5. The first-order valence-electron chi connectivity index (χ1n) is 10.1. The Morgan fingerprint density at radius 2 is 1.96 bits per heavy atom. The van der Waals surface area contributed by atoms with Crippen LogP contribution in [0.15, 0.2) is 48.7 Å². The predicted octanol–water partition coefficient (Wildman–Crippen LogP) is 3.87. The van der Waals surface area contributed by atoms with Crippen LogP contribution in [0.25, 0.3) is 5.69 Å². The van der Waals surface area contributed by atoms with Gasteiger partial charge in [-0.25, -0.2) is 4.68 Å². The van der Waals surface area contributed by atoms with Crippen LogP contribution in [0.5, 0.6) is 0 Å². The SMILES string of the molecule is Cc1ccc(-n2nc(C(=O)N(Cc3ccccn3)C3CC3)c3c2CCC3)cc1. The van der Waals surface area contributed by atoms with E-state index < -0.39 is 0 Å². The summed E-state index contributed by atoms with van der Waals surface area (Å²) in [7, 11) is 0. The first kappa shape index (κ1) is 17.2. The fraction of sp³-hybridized carbons (Fsp3) is 0.348. The van der Waals surface area contributed by atoms with Gasteiger partial charge < -0.3 is 4.90 Å². The van der Waals surface area contributed by atoms with Gasteiger partial charge in [-0.1, -0.05) is 23.8 Å². The van der Waals surface area contributed by atoms with Crippen molar-refractivity contribution in [3.8, 4) is 5.69 Å². The van der Waals surface area contributed by atoms with Crippen LogP contribution in [0.2, 0.25) is 0 Å². The molecule has 1 aromatic carbocycles. The van der Waals surface area contributed by atoms with Gasteiger partial charge in [-0.2, -0.15) is 5.10 Å². The van der Waals surface area contributed by atoms with Gasteiger partial charge in [0.25, 0.3) is 5.91 Å². The molecule has 2 aliphatic carbocycles. The lowest BCUT2D eigenvalue weighted by Crippen LogP contribution is -2.33. The molecular formula is C23H24N4O. The number of nitrogens with zero attached hydrogens (tertiary/aromatic N) is 4. The molecule has 0 unspecified atom stereocenters. The Morgan fingerprint density at radius 1 is 1.14 bits per heavy atom. The van der Waals surface area contributed by atoms with Gasteiger partial charge in [0.1, 0.15) is 0 Å². The third-order valence-electron chi connectivity index (χ3n) is 5.72. The van der Waals surface area contributed by atoms with E-state index in [0.29, 0.717) is 18.3 Å². The molecule has 1 saturated carbocycles. The van der Waals surface area contributed by atoms with Crippen LogP contribution >= 0.6 is 0 Å². The summed E-state index contributed by atoms with van der Waals surface area (Å²) < 4.78 is 1.99. The zero-order chi connectivity index (χ0) is 19.1. The Balaban J connectivity index is 1.50. The van der Waals surface area contributed by atoms with E-state index in [1.807, 2.05) is 27.8 Å². The molecule has 0 aliphatic heterocycles. The highest BCUT2D eigenvalue weighted by molar-refractivity contribution is 5.94. The molecule has 5 heteroatoms. The van der Waals surface area contributed by atoms with E-state index in [1.165, 1.54) is 11.3 Å². The van der Waals surface area contributed by atoms with Gasteiger partial charge in [-0.15, -0.1) is 0 Å². The summed E-state index contributed by atoms with van der Waals surface area (Å²) in [5, 5.41) is 4.81. The molecule has 0 spiro atoms. The lowest BCUT2D eigenvalue weighted by atomic mass is 10.1. The second kappa shape index (κ2) is 6.89. The van der Waals surface area contributed by atoms with E-state index in [1.54, 1.807) is 6.20 Å². The lowest BCUT2D eigenvalue weighted by molar-refractivity contribution is 0.0720. The van der Waals surface area contributed by atoms with E-state index >= 15 is 0 Å². The number of aromatic nitrogens is 3. The number of aryl methyl sites for hydroxylation is 1. The summed E-state index contributed by atoms with van der Waals surface area (Å²) in [5.41, 5.74) is 6.15. The van der Waals surface area contributed by atoms with Gasteiger partial charge in [-0.05, 0) is 63.3 Å². The van der Waals surface area contributed by atoms with Crippen LogP contribution in [-0.2, 0) is 19.4 Å². The molecule has 5 nitrogen and oxygen atoms in total. The minimum Gasteiger partial charge on any atom is -0.328 e. The first-order valence-corrected chi connectivity index (χ1v) is 10.1. The quantitative estimate of drug-likeness (QED) is 0.683. The fourth-order valence-electron chi connectivity index (χ4n) is 4.06. The van der Waals surface area contributed by atoms with Crippen molar-refractivity contribution < 1.29 is 4.79 Å². The summed E-state index contributed by atoms with van der Waals surface area (Å²) in [6.45, 7) is 2.63. The molecule has 0 radical (unpaired) electrons. The van der Waals surface area contributed by atoms with Gasteiger partial charge in [-0.3, -0.25) is 9.78 Å². The van der Waals surface area contributed by atoms with Crippen molar-refractivity contribution in [1.29, 1.82) is 0 Å². The monoisotopic (exact) mass is 372 g/mol. The Bertz CT molecular complexity index is 1000. The van der Waals surface area contributed by atoms with Crippen LogP contribution in [0, 0.1) is 6.92 Å². The van der Waals surface area contributed by atoms with Crippen molar-refractivity contribution in [3.05, 3.63) is 76.9 Å². The smallest absolute Gasteiger partial charge is 0.275 e. The number of fused-ring (bicyclic) bond motifs is 1. The van der Waals surface area contributed by atoms with Crippen LogP contribution < -0.4 is 0 Å². The highest BCUT2D eigenvalue weighted by atomic mass is 16.2. The normalized spacial score (nSPS) is 15.5. The number of hydrogen-bond donors (Lipinski definition) is 0. The van der Waals surface area contributed by atoms with Crippen LogP contribution in [0.3, 0.4) is 0 Å². The second-order valence-electron chi connectivity index (χ2n) is 7.86. The highest BCUT2D eigenvalue weighted by Gasteiger charge is 2.37. The number of carbonyl (C=O) groups is 1. The van der Waals surface area contributed by atoms with Crippen molar-refractivity contribution in [2.45, 2.75) is 51.6 Å². The van der Waals surface area contributed by atoms with Crippen molar-refractivity contribution >= 4 is 5.91 Å². The van der Waals surface area contributed by atoms with Crippen molar-refractivity contribution in [2.24, 2.45) is 0 Å². The van der Waals surface area contributed by atoms with Gasteiger partial charge in [0, 0.05) is 23.5 Å². The molecular weight excluding hydrogens is 348 g/mol. The van der Waals surface area contributed by atoms with Crippen molar-refractivity contribution in [1.82, 2.24) is 19.7 Å². The molecule has 2 heterocycles. The zero-order valence-corrected chi connectivity index (χ0v) is 16.1. The zero-order valence-electron chi connectivity index (χ0n) is 16.1. The van der Waals surface area contributed by atoms with Gasteiger partial charge in [0.15, 0.2) is 5.69 Å². The Morgan fingerprint density at radius 3 is 2.68 bits per heavy atom. The third-order valence-corrected chi connectivity index (χ3v) is 5.72. The maximum atomic E-state index is 13.5. The van der Waals surface area contributed by atoms with Gasteiger partial charge in [0.2, 0.25) is 0 Å². The molecule has 3 aromatic rings. The highest BCUT2D eigenvalue weighted by Crippen LogP contribution is 2.33. The van der Waals surface area contributed by atoms with Gasteiger partial charge >= 0.3 is 0 Å². The van der Waals surface area contributed by atoms with Crippen molar-refractivity contribution in [3.63, 3.8) is 0 Å². The number of benzene rings is 1. The van der Waals surface area contributed by atoms with E-state index in [-0.39, 0.29) is 5.91 Å². The molecule has 0 N–H and O–H groups in total. The second-order valence-corrected chi connectivity index (χ2v) is 7.86. The van der Waals surface area contributed by atoms with E-state index in [9.17, 15) is 4.79 Å². The minimum atomic E-state index is 0.0529. The molecule has 0 saturated heterocycles. The predicted molar refractivity (Wildman–Crippen MR) is 107 cm³/mol. The standard InChI is InChI=1S/C23H24N4O/c1-16-8-10-19(11-9-16)27-21-7-4-6-20(21)22(25-27)23(28)26(18-12-13-18)15-17-5-2-3-14-24-17/h2-3,5,8-11,14,18H,4,6-7,12-13,15H2,1H3.